The number of rotatable bonds is 3. The van der Waals surface area contributed by atoms with Crippen LogP contribution in [0.5, 0.6) is 0 Å². The van der Waals surface area contributed by atoms with Crippen molar-refractivity contribution in [3.63, 3.8) is 0 Å². The van der Waals surface area contributed by atoms with Crippen molar-refractivity contribution >= 4 is 0 Å². The summed E-state index contributed by atoms with van der Waals surface area (Å²) in [5.74, 6) is 0. The van der Waals surface area contributed by atoms with Crippen LogP contribution in [0, 0.1) is 0 Å². The minimum Gasteiger partial charge on any atom is -0.368 e. The number of hydrogen-bond donors (Lipinski definition) is 2. The summed E-state index contributed by atoms with van der Waals surface area (Å²) >= 11 is 0. The van der Waals surface area contributed by atoms with Gasteiger partial charge in [-0.05, 0) is 12.8 Å². The molecule has 0 spiro atoms. The minimum atomic E-state index is -1.10. The normalized spacial score (nSPS) is 9.00. The van der Waals surface area contributed by atoms with Crippen LogP contribution in [0.3, 0.4) is 0 Å². The Bertz CT molecular complexity index is 39.4. The largest absolute Gasteiger partial charge is 0.368 e. The quantitative estimate of drug-likeness (QED) is 0.477. The molecule has 46 valence electrons. The van der Waals surface area contributed by atoms with Gasteiger partial charge in [-0.2, -0.15) is 0 Å². The van der Waals surface area contributed by atoms with Crippen LogP contribution < -0.4 is 0 Å². The molecule has 0 aromatic heterocycles. The average Bonchev–Trinajstić information content (AvgIpc) is 1.61. The molecule has 3 heteroatoms. The monoisotopic (exact) mass is 168 g/mol. The second-order valence-electron chi connectivity index (χ2n) is 1.62. The van der Waals surface area contributed by atoms with Gasteiger partial charge in [0.1, 0.15) is 0 Å². The summed E-state index contributed by atoms with van der Waals surface area (Å²) in [6.45, 7) is 2.02. The molecule has 0 aliphatic carbocycles. The van der Waals surface area contributed by atoms with Gasteiger partial charge in [0.25, 0.3) is 0 Å². The Morgan fingerprint density at radius 3 is 2.00 bits per heavy atom. The van der Waals surface area contributed by atoms with Crippen LogP contribution in [-0.4, -0.2) is 16.5 Å². The maximum Gasteiger partial charge on any atom is 0.151 e. The van der Waals surface area contributed by atoms with Crippen molar-refractivity contribution in [2.24, 2.45) is 0 Å². The van der Waals surface area contributed by atoms with E-state index in [0.29, 0.717) is 6.42 Å². The molecule has 0 aliphatic heterocycles. The summed E-state index contributed by atoms with van der Waals surface area (Å²) < 4.78 is 0. The van der Waals surface area contributed by atoms with Gasteiger partial charge in [-0.1, -0.05) is 13.3 Å². The van der Waals surface area contributed by atoms with Gasteiger partial charge in [0.2, 0.25) is 0 Å². The summed E-state index contributed by atoms with van der Waals surface area (Å²) in [7, 11) is 0. The zero-order valence-corrected chi connectivity index (χ0v) is 8.27. The van der Waals surface area contributed by atoms with E-state index in [1.54, 1.807) is 0 Å². The van der Waals surface area contributed by atoms with Crippen LogP contribution in [0.1, 0.15) is 26.2 Å². The second-order valence-corrected chi connectivity index (χ2v) is 1.62. The second kappa shape index (κ2) is 7.54. The summed E-state index contributed by atoms with van der Waals surface area (Å²) in [5.41, 5.74) is 0. The molecular weight excluding hydrogens is 157 g/mol. The van der Waals surface area contributed by atoms with Crippen molar-refractivity contribution in [2.75, 3.05) is 0 Å². The Balaban J connectivity index is 0. The molecule has 0 saturated heterocycles. The Hall–Kier alpha value is 0.543. The van der Waals surface area contributed by atoms with Gasteiger partial charge in [-0.25, -0.2) is 0 Å². The van der Waals surface area contributed by atoms with Gasteiger partial charge in [-0.15, -0.1) is 0 Å². The molecule has 0 saturated carbocycles. The van der Waals surface area contributed by atoms with Gasteiger partial charge in [0.15, 0.2) is 6.29 Å². The smallest absolute Gasteiger partial charge is 0.151 e. The van der Waals surface area contributed by atoms with E-state index in [-0.39, 0.29) is 19.5 Å². The van der Waals surface area contributed by atoms with E-state index in [9.17, 15) is 0 Å². The first-order chi connectivity index (χ1) is 3.27. The average molecular weight is 170 g/mol. The topological polar surface area (TPSA) is 40.5 Å². The molecule has 0 unspecified atom stereocenters. The molecule has 2 N–H and O–H groups in total. The van der Waals surface area contributed by atoms with E-state index in [1.807, 2.05) is 6.92 Å². The van der Waals surface area contributed by atoms with Gasteiger partial charge < -0.3 is 10.2 Å². The van der Waals surface area contributed by atoms with Crippen LogP contribution in [0.25, 0.3) is 0 Å². The molecule has 0 amide bonds. The Kier molecular flexibility index (Phi) is 10.7. The summed E-state index contributed by atoms with van der Waals surface area (Å²) in [6, 6.07) is 0. The predicted molar refractivity (Wildman–Crippen MR) is 27.8 cm³/mol. The molecule has 0 fully saturated rings. The number of unbranched alkanes of at least 4 members (excludes halogenated alkanes) is 1. The molecule has 0 aliphatic rings. The Morgan fingerprint density at radius 1 is 1.38 bits per heavy atom. The van der Waals surface area contributed by atoms with E-state index in [1.165, 1.54) is 0 Å². The van der Waals surface area contributed by atoms with Crippen molar-refractivity contribution in [3.8, 4) is 0 Å². The molecule has 0 radical (unpaired) electrons. The van der Waals surface area contributed by atoms with Gasteiger partial charge in [-0.3, -0.25) is 0 Å². The zero-order valence-electron chi connectivity index (χ0n) is 5.30. The van der Waals surface area contributed by atoms with E-state index in [2.05, 4.69) is 0 Å². The van der Waals surface area contributed by atoms with Crippen molar-refractivity contribution < 1.29 is 29.7 Å². The van der Waals surface area contributed by atoms with E-state index in [4.69, 9.17) is 10.2 Å². The minimum absolute atomic E-state index is 0. The Labute approximate surface area is 62.7 Å². The fraction of sp³-hybridized carbons (Fsp3) is 1.00. The predicted octanol–water partition coefficient (Wildman–Crippen LogP) is 0.485. The standard InChI is InChI=1S/C5H12O2.Zn/c1-2-3-4-5(6)7;/h5-7H,2-4H2,1H3;. The number of hydrogen-bond acceptors (Lipinski definition) is 2. The maximum absolute atomic E-state index is 8.24. The SMILES string of the molecule is CCCCC(O)O.[Zn]. The van der Waals surface area contributed by atoms with E-state index in [0.717, 1.165) is 12.8 Å². The van der Waals surface area contributed by atoms with Crippen molar-refractivity contribution in [2.45, 2.75) is 32.5 Å². The summed E-state index contributed by atoms with van der Waals surface area (Å²) in [5, 5.41) is 16.5. The van der Waals surface area contributed by atoms with Crippen LogP contribution in [0.2, 0.25) is 0 Å². The van der Waals surface area contributed by atoms with Crippen molar-refractivity contribution in [1.29, 1.82) is 0 Å². The third-order valence-corrected chi connectivity index (χ3v) is 0.816. The maximum atomic E-state index is 8.24. The molecular formula is C5H12O2Zn. The van der Waals surface area contributed by atoms with Crippen molar-refractivity contribution in [1.82, 2.24) is 0 Å². The van der Waals surface area contributed by atoms with Gasteiger partial charge in [0.05, 0.1) is 0 Å². The first kappa shape index (κ1) is 11.4. The third kappa shape index (κ3) is 9.74. The van der Waals surface area contributed by atoms with Gasteiger partial charge >= 0.3 is 0 Å². The molecule has 0 aromatic carbocycles. The Morgan fingerprint density at radius 2 is 1.88 bits per heavy atom. The molecule has 0 heterocycles. The van der Waals surface area contributed by atoms with Crippen LogP contribution in [0.4, 0.5) is 0 Å². The molecule has 0 aromatic rings. The molecule has 2 nitrogen and oxygen atoms in total. The third-order valence-electron chi connectivity index (χ3n) is 0.816. The van der Waals surface area contributed by atoms with E-state index >= 15 is 0 Å². The first-order valence-corrected chi connectivity index (χ1v) is 2.63. The van der Waals surface area contributed by atoms with Crippen LogP contribution in [-0.2, 0) is 19.5 Å². The van der Waals surface area contributed by atoms with E-state index < -0.39 is 6.29 Å². The summed E-state index contributed by atoms with van der Waals surface area (Å²) in [6.07, 6.45) is 1.34. The fourth-order valence-electron chi connectivity index (χ4n) is 0.387. The summed E-state index contributed by atoms with van der Waals surface area (Å²) in [4.78, 5) is 0. The number of aliphatic hydroxyl groups is 2. The fourth-order valence-corrected chi connectivity index (χ4v) is 0.387. The molecule has 0 atom stereocenters. The van der Waals surface area contributed by atoms with Crippen LogP contribution >= 0.6 is 0 Å². The van der Waals surface area contributed by atoms with Crippen LogP contribution in [0.15, 0.2) is 0 Å². The van der Waals surface area contributed by atoms with Gasteiger partial charge in [0, 0.05) is 19.5 Å². The van der Waals surface area contributed by atoms with Crippen molar-refractivity contribution in [3.05, 3.63) is 0 Å². The molecule has 0 rings (SSSR count). The molecule has 8 heavy (non-hydrogen) atoms. The molecule has 0 bridgehead atoms. The first-order valence-electron chi connectivity index (χ1n) is 2.63. The number of aliphatic hydroxyl groups excluding tert-OH is 1. The zero-order chi connectivity index (χ0) is 5.70.